The van der Waals surface area contributed by atoms with Crippen LogP contribution in [0.2, 0.25) is 0 Å². The fourth-order valence-corrected chi connectivity index (χ4v) is 3.76. The van der Waals surface area contributed by atoms with Gasteiger partial charge in [-0.3, -0.25) is 18.4 Å². The topological polar surface area (TPSA) is 71.1 Å². The molecule has 0 saturated carbocycles. The van der Waals surface area contributed by atoms with E-state index in [9.17, 15) is 9.36 Å². The summed E-state index contributed by atoms with van der Waals surface area (Å²) in [6.07, 6.45) is 0. The minimum atomic E-state index is -3.97. The van der Waals surface area contributed by atoms with Crippen LogP contribution in [0.25, 0.3) is 0 Å². The van der Waals surface area contributed by atoms with E-state index in [1.165, 1.54) is 0 Å². The van der Waals surface area contributed by atoms with Crippen LogP contribution in [-0.4, -0.2) is 19.0 Å². The zero-order chi connectivity index (χ0) is 21.8. The summed E-state index contributed by atoms with van der Waals surface area (Å²) in [5.74, 6) is -0.359. The summed E-state index contributed by atoms with van der Waals surface area (Å²) in [6.45, 7) is -0.224. The van der Waals surface area contributed by atoms with Crippen LogP contribution in [0.1, 0.15) is 16.7 Å². The van der Waals surface area contributed by atoms with Crippen molar-refractivity contribution in [1.29, 1.82) is 0 Å². The second-order valence-corrected chi connectivity index (χ2v) is 8.42. The summed E-state index contributed by atoms with van der Waals surface area (Å²) in [5, 5.41) is 0. The maximum atomic E-state index is 13.1. The second kappa shape index (κ2) is 12.3. The minimum Gasteiger partial charge on any atom is -0.369 e. The average Bonchev–Trinajstić information content (AvgIpc) is 2.82. The lowest BCUT2D eigenvalue weighted by Crippen LogP contribution is -2.16. The SMILES string of the molecule is O=[13C]([13CH2]OCc1ccccc1)[13CH2]OP(=O)(OCc1ccccc1)OCc1ccccc1. The Hall–Kier alpha value is -2.60. The molecule has 0 fully saturated rings. The van der Waals surface area contributed by atoms with Crippen LogP contribution in [0.15, 0.2) is 91.0 Å². The molecule has 0 spiro atoms. The highest BCUT2D eigenvalue weighted by Gasteiger charge is 2.28. The lowest BCUT2D eigenvalue weighted by molar-refractivity contribution is -0.126. The fourth-order valence-electron chi connectivity index (χ4n) is 2.62. The van der Waals surface area contributed by atoms with Crippen molar-refractivity contribution >= 4 is 13.6 Å². The number of carbonyl (C=O) groups excluding carboxylic acids is 1. The Kier molecular flexibility index (Phi) is 9.16. The molecule has 3 aromatic rings. The standard InChI is InChI=1S/C24H25O6P/c25-24(19-27-16-21-10-4-1-5-11-21)20-30-31(26,28-17-22-12-6-2-7-13-22)29-18-23-14-8-3-9-15-23/h1-15H,16-20H2/i19+1,20+1,24+1. The van der Waals surface area contributed by atoms with Gasteiger partial charge in [-0.25, -0.2) is 4.57 Å². The third kappa shape index (κ3) is 8.58. The maximum Gasteiger partial charge on any atom is 0.475 e. The molecule has 0 amide bonds. The highest BCUT2D eigenvalue weighted by atomic mass is 31.2. The number of phosphoric acid groups is 1. The molecule has 0 aliphatic carbocycles. The summed E-state index contributed by atoms with van der Waals surface area (Å²) in [4.78, 5) is 12.1. The maximum absolute atomic E-state index is 13.1. The minimum absolute atomic E-state index is 0.0333. The molecule has 7 heteroatoms. The molecule has 162 valence electrons. The molecule has 0 aromatic heterocycles. The highest BCUT2D eigenvalue weighted by Crippen LogP contribution is 2.50. The molecule has 3 rings (SSSR count). The summed E-state index contributed by atoms with van der Waals surface area (Å²) in [7, 11) is -3.97. The van der Waals surface area contributed by atoms with E-state index < -0.39 is 14.4 Å². The number of benzene rings is 3. The van der Waals surface area contributed by atoms with Gasteiger partial charge in [0.2, 0.25) is 0 Å². The van der Waals surface area contributed by atoms with Gasteiger partial charge in [0.15, 0.2) is 5.78 Å². The number of hydrogen-bond donors (Lipinski definition) is 0. The van der Waals surface area contributed by atoms with E-state index in [2.05, 4.69) is 0 Å². The van der Waals surface area contributed by atoms with Gasteiger partial charge >= 0.3 is 7.82 Å². The molecule has 0 aliphatic rings. The molecule has 0 aliphatic heterocycles. The number of hydrogen-bond acceptors (Lipinski definition) is 6. The molecule has 0 unspecified atom stereocenters. The zero-order valence-electron chi connectivity index (χ0n) is 17.1. The summed E-state index contributed by atoms with van der Waals surface area (Å²) in [6, 6.07) is 28.0. The Labute approximate surface area is 182 Å². The van der Waals surface area contributed by atoms with Gasteiger partial charge in [-0.05, 0) is 16.7 Å². The predicted octanol–water partition coefficient (Wildman–Crippen LogP) is 5.33. The number of phosphoric ester groups is 1. The predicted molar refractivity (Wildman–Crippen MR) is 117 cm³/mol. The van der Waals surface area contributed by atoms with Crippen LogP contribution in [0.5, 0.6) is 0 Å². The van der Waals surface area contributed by atoms with Crippen LogP contribution in [-0.2, 0) is 47.5 Å². The van der Waals surface area contributed by atoms with Gasteiger partial charge in [-0.15, -0.1) is 0 Å². The largest absolute Gasteiger partial charge is 0.475 e. The summed E-state index contributed by atoms with van der Waals surface area (Å²) in [5.41, 5.74) is 2.58. The molecular formula is C24H25O6P. The van der Waals surface area contributed by atoms with E-state index in [-0.39, 0.29) is 25.6 Å². The lowest BCUT2D eigenvalue weighted by atomic mass is 10.2. The first-order valence-electron chi connectivity index (χ1n) is 9.88. The van der Waals surface area contributed by atoms with Gasteiger partial charge in [0.1, 0.15) is 13.2 Å². The van der Waals surface area contributed by atoms with E-state index in [0.29, 0.717) is 6.61 Å². The summed E-state index contributed by atoms with van der Waals surface area (Å²) >= 11 is 0. The Morgan fingerprint density at radius 3 is 1.45 bits per heavy atom. The molecule has 0 radical (unpaired) electrons. The van der Waals surface area contributed by atoms with Crippen LogP contribution < -0.4 is 0 Å². The smallest absolute Gasteiger partial charge is 0.369 e. The Balaban J connectivity index is 1.52. The zero-order valence-corrected chi connectivity index (χ0v) is 18.0. The van der Waals surface area contributed by atoms with Crippen LogP contribution in [0.3, 0.4) is 0 Å². The molecule has 0 atom stereocenters. The van der Waals surface area contributed by atoms with Crippen molar-refractivity contribution in [2.24, 2.45) is 0 Å². The first-order chi connectivity index (χ1) is 15.1. The van der Waals surface area contributed by atoms with Crippen molar-refractivity contribution in [3.05, 3.63) is 108 Å². The highest BCUT2D eigenvalue weighted by molar-refractivity contribution is 7.48. The normalized spacial score (nSPS) is 11.4. The van der Waals surface area contributed by atoms with Gasteiger partial charge in [-0.2, -0.15) is 0 Å². The van der Waals surface area contributed by atoms with Gasteiger partial charge < -0.3 is 4.74 Å². The lowest BCUT2D eigenvalue weighted by Gasteiger charge is -2.18. The van der Waals surface area contributed by atoms with Crippen molar-refractivity contribution in [1.82, 2.24) is 0 Å². The van der Waals surface area contributed by atoms with E-state index in [1.54, 1.807) is 0 Å². The molecular weight excluding hydrogens is 418 g/mol. The number of carbonyl (C=O) groups is 1. The van der Waals surface area contributed by atoms with Crippen molar-refractivity contribution in [2.75, 3.05) is 13.2 Å². The Morgan fingerprint density at radius 2 is 1.00 bits per heavy atom. The monoisotopic (exact) mass is 443 g/mol. The van der Waals surface area contributed by atoms with Crippen LogP contribution in [0, 0.1) is 0 Å². The molecule has 6 nitrogen and oxygen atoms in total. The first kappa shape index (κ1) is 23.1. The van der Waals surface area contributed by atoms with E-state index in [0.717, 1.165) is 16.7 Å². The van der Waals surface area contributed by atoms with Crippen molar-refractivity contribution in [3.8, 4) is 0 Å². The van der Waals surface area contributed by atoms with Crippen molar-refractivity contribution in [3.63, 3.8) is 0 Å². The van der Waals surface area contributed by atoms with Crippen LogP contribution >= 0.6 is 7.82 Å². The Bertz CT molecular complexity index is 916. The molecule has 0 heterocycles. The van der Waals surface area contributed by atoms with Gasteiger partial charge in [0, 0.05) is 0 Å². The third-order valence-corrected chi connectivity index (χ3v) is 5.56. The fraction of sp³-hybridized carbons (Fsp3) is 0.208. The van der Waals surface area contributed by atoms with E-state index >= 15 is 0 Å². The molecule has 0 bridgehead atoms. The van der Waals surface area contributed by atoms with Gasteiger partial charge in [0.25, 0.3) is 0 Å². The third-order valence-electron chi connectivity index (χ3n) is 4.22. The van der Waals surface area contributed by atoms with Gasteiger partial charge in [-0.1, -0.05) is 91.0 Å². The van der Waals surface area contributed by atoms with Crippen molar-refractivity contribution < 1.29 is 27.7 Å². The molecule has 0 N–H and O–H groups in total. The van der Waals surface area contributed by atoms with E-state index in [1.807, 2.05) is 91.0 Å². The van der Waals surface area contributed by atoms with Gasteiger partial charge in [0.05, 0.1) is 19.8 Å². The van der Waals surface area contributed by atoms with Crippen molar-refractivity contribution in [2.45, 2.75) is 19.8 Å². The Morgan fingerprint density at radius 1 is 0.581 bits per heavy atom. The second-order valence-electron chi connectivity index (χ2n) is 6.76. The number of ketones is 1. The van der Waals surface area contributed by atoms with E-state index in [4.69, 9.17) is 18.3 Å². The number of ether oxygens (including phenoxy) is 1. The average molecular weight is 443 g/mol. The number of Topliss-reactive ketones (excluding diaryl/α,β-unsaturated/α-hetero) is 1. The summed E-state index contributed by atoms with van der Waals surface area (Å²) < 4.78 is 34.8. The molecule has 3 aromatic carbocycles. The van der Waals surface area contributed by atoms with Crippen LogP contribution in [0.4, 0.5) is 0 Å². The molecule has 31 heavy (non-hydrogen) atoms. The number of rotatable bonds is 13. The molecule has 0 saturated heterocycles. The quantitative estimate of drug-likeness (QED) is 0.263. The first-order valence-corrected chi connectivity index (χ1v) is 11.3.